The van der Waals surface area contributed by atoms with Crippen molar-refractivity contribution in [1.82, 2.24) is 4.98 Å². The van der Waals surface area contributed by atoms with Crippen molar-refractivity contribution in [2.45, 2.75) is 18.6 Å². The maximum Gasteiger partial charge on any atom is 0.125 e. The van der Waals surface area contributed by atoms with E-state index in [0.29, 0.717) is 0 Å². The van der Waals surface area contributed by atoms with Gasteiger partial charge in [-0.25, -0.2) is 4.98 Å². The molecule has 0 saturated carbocycles. The maximum absolute atomic E-state index is 11.1. The Hall–Kier alpha value is -0.420. The highest BCUT2D eigenvalue weighted by molar-refractivity contribution is 9.10. The Labute approximate surface area is 101 Å². The summed E-state index contributed by atoms with van der Waals surface area (Å²) in [5.41, 5.74) is 0. The number of rotatable bonds is 5. The molecule has 1 aromatic heterocycles. The van der Waals surface area contributed by atoms with Crippen LogP contribution in [-0.4, -0.2) is 27.2 Å². The normalized spacial score (nSPS) is 14.6. The Morgan fingerprint density at radius 2 is 2.33 bits per heavy atom. The third kappa shape index (κ3) is 4.75. The molecule has 0 amide bonds. The van der Waals surface area contributed by atoms with Crippen LogP contribution in [0.25, 0.3) is 0 Å². The zero-order valence-corrected chi connectivity index (χ0v) is 11.3. The lowest BCUT2D eigenvalue weighted by molar-refractivity contribution is 0.672. The maximum atomic E-state index is 11.1. The molecule has 2 atom stereocenters. The topological polar surface area (TPSA) is 42.0 Å². The van der Waals surface area contributed by atoms with Crippen LogP contribution in [0.1, 0.15) is 13.3 Å². The van der Waals surface area contributed by atoms with Crippen LogP contribution in [-0.2, 0) is 10.8 Å². The van der Waals surface area contributed by atoms with Gasteiger partial charge in [-0.15, -0.1) is 0 Å². The van der Waals surface area contributed by atoms with E-state index in [2.05, 4.69) is 26.2 Å². The first-order valence-corrected chi connectivity index (χ1v) is 7.18. The van der Waals surface area contributed by atoms with Crippen LogP contribution in [0.5, 0.6) is 0 Å². The average Bonchev–Trinajstić information content (AvgIpc) is 2.20. The minimum absolute atomic E-state index is 0.230. The van der Waals surface area contributed by atoms with Gasteiger partial charge in [0.2, 0.25) is 0 Å². The van der Waals surface area contributed by atoms with Gasteiger partial charge in [-0.05, 0) is 34.5 Å². The third-order valence-electron chi connectivity index (χ3n) is 2.15. The molecule has 1 N–H and O–H groups in total. The highest BCUT2D eigenvalue weighted by atomic mass is 79.9. The van der Waals surface area contributed by atoms with E-state index in [1.165, 1.54) is 0 Å². The summed E-state index contributed by atoms with van der Waals surface area (Å²) in [6.07, 6.45) is 4.38. The molecule has 0 aliphatic carbocycles. The summed E-state index contributed by atoms with van der Waals surface area (Å²) in [4.78, 5) is 4.19. The molecule has 1 heterocycles. The van der Waals surface area contributed by atoms with E-state index < -0.39 is 10.8 Å². The van der Waals surface area contributed by atoms with E-state index in [1.807, 2.05) is 19.1 Å². The van der Waals surface area contributed by atoms with Gasteiger partial charge in [0.1, 0.15) is 5.82 Å². The van der Waals surface area contributed by atoms with Crippen LogP contribution < -0.4 is 5.32 Å². The van der Waals surface area contributed by atoms with Crippen LogP contribution >= 0.6 is 15.9 Å². The van der Waals surface area contributed by atoms with Gasteiger partial charge in [0.15, 0.2) is 0 Å². The largest absolute Gasteiger partial charge is 0.370 e. The van der Waals surface area contributed by atoms with Gasteiger partial charge in [0.25, 0.3) is 0 Å². The highest BCUT2D eigenvalue weighted by Crippen LogP contribution is 2.10. The highest BCUT2D eigenvalue weighted by Gasteiger charge is 2.05. The molecule has 0 aliphatic rings. The predicted molar refractivity (Wildman–Crippen MR) is 68.6 cm³/mol. The zero-order chi connectivity index (χ0) is 11.3. The molecule has 1 aromatic rings. The minimum Gasteiger partial charge on any atom is -0.370 e. The second-order valence-electron chi connectivity index (χ2n) is 3.39. The van der Waals surface area contributed by atoms with Crippen molar-refractivity contribution in [3.8, 4) is 0 Å². The van der Waals surface area contributed by atoms with Crippen LogP contribution in [0.4, 0.5) is 5.82 Å². The van der Waals surface area contributed by atoms with Crippen molar-refractivity contribution in [1.29, 1.82) is 0 Å². The number of aromatic nitrogens is 1. The van der Waals surface area contributed by atoms with Crippen LogP contribution in [0, 0.1) is 0 Å². The van der Waals surface area contributed by atoms with E-state index >= 15 is 0 Å². The van der Waals surface area contributed by atoms with Gasteiger partial charge in [0.05, 0.1) is 0 Å². The molecule has 0 aliphatic heterocycles. The third-order valence-corrected chi connectivity index (χ3v) is 3.99. The number of halogens is 1. The van der Waals surface area contributed by atoms with Gasteiger partial charge in [-0.1, -0.05) is 6.92 Å². The Morgan fingerprint density at radius 1 is 1.60 bits per heavy atom. The van der Waals surface area contributed by atoms with Crippen molar-refractivity contribution in [3.05, 3.63) is 22.8 Å². The van der Waals surface area contributed by atoms with Crippen molar-refractivity contribution < 1.29 is 4.21 Å². The Balaban J connectivity index is 2.32. The smallest absolute Gasteiger partial charge is 0.125 e. The summed E-state index contributed by atoms with van der Waals surface area (Å²) in [5, 5.41) is 3.42. The van der Waals surface area contributed by atoms with Gasteiger partial charge < -0.3 is 5.32 Å². The lowest BCUT2D eigenvalue weighted by Gasteiger charge is -2.09. The van der Waals surface area contributed by atoms with Crippen molar-refractivity contribution in [3.63, 3.8) is 0 Å². The first-order chi connectivity index (χ1) is 7.09. The molecule has 84 valence electrons. The van der Waals surface area contributed by atoms with Gasteiger partial charge >= 0.3 is 0 Å². The molecule has 0 bridgehead atoms. The minimum atomic E-state index is -0.740. The number of nitrogens with zero attached hydrogens (tertiary/aromatic N) is 1. The molecule has 0 spiro atoms. The van der Waals surface area contributed by atoms with Gasteiger partial charge in [0, 0.05) is 39.5 Å². The van der Waals surface area contributed by atoms with Gasteiger partial charge in [-0.2, -0.15) is 0 Å². The number of pyridine rings is 1. The number of hydrogen-bond donors (Lipinski definition) is 1. The summed E-state index contributed by atoms with van der Waals surface area (Å²) in [7, 11) is -0.740. The Morgan fingerprint density at radius 3 is 2.87 bits per heavy atom. The lowest BCUT2D eigenvalue weighted by atomic mass is 10.3. The average molecular weight is 291 g/mol. The Kier molecular flexibility index (Phi) is 5.25. The molecule has 1 rings (SSSR count). The van der Waals surface area contributed by atoms with Crippen LogP contribution in [0.3, 0.4) is 0 Å². The SMILES string of the molecule is CC(CCNc1ccc(Br)cn1)S(C)=O. The summed E-state index contributed by atoms with van der Waals surface area (Å²) in [6.45, 7) is 2.79. The molecule has 0 aromatic carbocycles. The van der Waals surface area contributed by atoms with E-state index in [9.17, 15) is 4.21 Å². The number of anilines is 1. The van der Waals surface area contributed by atoms with Gasteiger partial charge in [-0.3, -0.25) is 4.21 Å². The molecule has 3 nitrogen and oxygen atoms in total. The van der Waals surface area contributed by atoms with Crippen LogP contribution in [0.2, 0.25) is 0 Å². The van der Waals surface area contributed by atoms with Crippen molar-refractivity contribution in [2.24, 2.45) is 0 Å². The monoisotopic (exact) mass is 290 g/mol. The standard InChI is InChI=1S/C10H15BrN2OS/c1-8(15(2)14)5-6-12-10-4-3-9(11)7-13-10/h3-4,7-8H,5-6H2,1-2H3,(H,12,13). The van der Waals surface area contributed by atoms with E-state index in [0.717, 1.165) is 23.3 Å². The summed E-state index contributed by atoms with van der Waals surface area (Å²) >= 11 is 3.33. The summed E-state index contributed by atoms with van der Waals surface area (Å²) < 4.78 is 12.1. The van der Waals surface area contributed by atoms with Crippen molar-refractivity contribution >= 4 is 32.5 Å². The molecular weight excluding hydrogens is 276 g/mol. The fourth-order valence-corrected chi connectivity index (χ4v) is 1.73. The second-order valence-corrected chi connectivity index (χ2v) is 6.10. The molecule has 5 heteroatoms. The van der Waals surface area contributed by atoms with E-state index in [1.54, 1.807) is 12.5 Å². The number of hydrogen-bond acceptors (Lipinski definition) is 3. The van der Waals surface area contributed by atoms with E-state index in [4.69, 9.17) is 0 Å². The Bertz CT molecular complexity index is 329. The van der Waals surface area contributed by atoms with Crippen molar-refractivity contribution in [2.75, 3.05) is 18.1 Å². The fraction of sp³-hybridized carbons (Fsp3) is 0.500. The first-order valence-electron chi connectivity index (χ1n) is 4.77. The first kappa shape index (κ1) is 12.6. The zero-order valence-electron chi connectivity index (χ0n) is 8.87. The van der Waals surface area contributed by atoms with E-state index in [-0.39, 0.29) is 5.25 Å². The molecule has 2 unspecified atom stereocenters. The predicted octanol–water partition coefficient (Wildman–Crippen LogP) is 2.41. The fourth-order valence-electron chi connectivity index (χ4n) is 1.05. The quantitative estimate of drug-likeness (QED) is 0.906. The molecule has 0 fully saturated rings. The second kappa shape index (κ2) is 6.23. The summed E-state index contributed by atoms with van der Waals surface area (Å²) in [6, 6.07) is 3.86. The van der Waals surface area contributed by atoms with Crippen LogP contribution in [0.15, 0.2) is 22.8 Å². The molecule has 0 radical (unpaired) electrons. The lowest BCUT2D eigenvalue weighted by Crippen LogP contribution is -2.15. The summed E-state index contributed by atoms with van der Waals surface area (Å²) in [5.74, 6) is 0.854. The number of nitrogens with one attached hydrogen (secondary N) is 1. The molecular formula is C10H15BrN2OS. The molecule has 0 saturated heterocycles. The molecule has 15 heavy (non-hydrogen) atoms.